The monoisotopic (exact) mass is 570 g/mol. The van der Waals surface area contributed by atoms with Crippen molar-refractivity contribution in [2.75, 3.05) is 27.4 Å². The van der Waals surface area contributed by atoms with E-state index in [0.717, 1.165) is 22.3 Å². The fourth-order valence-corrected chi connectivity index (χ4v) is 5.37. The Hall–Kier alpha value is -4.59. The van der Waals surface area contributed by atoms with Gasteiger partial charge in [0.2, 0.25) is 5.91 Å². The topological polar surface area (TPSA) is 94.2 Å². The maximum absolute atomic E-state index is 13.5. The number of esters is 1. The van der Waals surface area contributed by atoms with Crippen LogP contribution >= 0.6 is 0 Å². The molecule has 0 aromatic heterocycles. The van der Waals surface area contributed by atoms with Crippen molar-refractivity contribution >= 4 is 17.8 Å². The molecular formula is C34H38N2O6. The summed E-state index contributed by atoms with van der Waals surface area (Å²) >= 11 is 0. The van der Waals surface area contributed by atoms with Crippen LogP contribution in [-0.4, -0.2) is 50.1 Å². The van der Waals surface area contributed by atoms with E-state index in [4.69, 9.17) is 14.2 Å². The second kappa shape index (κ2) is 13.9. The Morgan fingerprint density at radius 1 is 0.929 bits per heavy atom. The fraction of sp³-hybridized carbons (Fsp3) is 0.324. The number of benzene rings is 3. The van der Waals surface area contributed by atoms with Crippen LogP contribution in [0.3, 0.4) is 0 Å². The number of rotatable bonds is 11. The lowest BCUT2D eigenvalue weighted by Crippen LogP contribution is -2.38. The Morgan fingerprint density at radius 3 is 2.40 bits per heavy atom. The van der Waals surface area contributed by atoms with Gasteiger partial charge in [0.05, 0.1) is 32.9 Å². The number of hydrogen-bond acceptors (Lipinski definition) is 6. The number of amides is 2. The molecule has 220 valence electrons. The molecule has 8 nitrogen and oxygen atoms in total. The van der Waals surface area contributed by atoms with Gasteiger partial charge in [-0.25, -0.2) is 4.79 Å². The van der Waals surface area contributed by atoms with Crippen molar-refractivity contribution in [1.29, 1.82) is 0 Å². The summed E-state index contributed by atoms with van der Waals surface area (Å²) in [5.41, 5.74) is 5.32. The first-order chi connectivity index (χ1) is 20.3. The summed E-state index contributed by atoms with van der Waals surface area (Å²) in [4.78, 5) is 41.2. The number of nitrogens with one attached hydrogen (secondary N) is 1. The van der Waals surface area contributed by atoms with Crippen molar-refractivity contribution in [3.05, 3.63) is 106 Å². The minimum atomic E-state index is -0.414. The molecule has 1 aliphatic heterocycles. The second-order valence-corrected chi connectivity index (χ2v) is 10.2. The third kappa shape index (κ3) is 6.82. The Labute approximate surface area is 247 Å². The molecule has 42 heavy (non-hydrogen) atoms. The van der Waals surface area contributed by atoms with Gasteiger partial charge in [0, 0.05) is 30.1 Å². The Balaban J connectivity index is 1.49. The van der Waals surface area contributed by atoms with E-state index in [9.17, 15) is 14.4 Å². The highest BCUT2D eigenvalue weighted by molar-refractivity contribution is 5.96. The highest BCUT2D eigenvalue weighted by atomic mass is 16.5. The van der Waals surface area contributed by atoms with Crippen LogP contribution in [0.5, 0.6) is 11.5 Å². The first-order valence-electron chi connectivity index (χ1n) is 14.1. The van der Waals surface area contributed by atoms with Crippen molar-refractivity contribution in [2.45, 2.75) is 46.1 Å². The van der Waals surface area contributed by atoms with Crippen molar-refractivity contribution in [1.82, 2.24) is 10.2 Å². The van der Waals surface area contributed by atoms with Crippen LogP contribution in [0.2, 0.25) is 0 Å². The molecule has 3 aromatic carbocycles. The van der Waals surface area contributed by atoms with Gasteiger partial charge in [-0.2, -0.15) is 0 Å². The molecule has 0 aliphatic carbocycles. The Bertz CT molecular complexity index is 1490. The molecule has 1 N–H and O–H groups in total. The van der Waals surface area contributed by atoms with Crippen LogP contribution in [0, 0.1) is 6.92 Å². The third-order valence-electron chi connectivity index (χ3n) is 7.56. The molecule has 8 heteroatoms. The molecule has 0 saturated carbocycles. The number of nitrogens with zero attached hydrogens (tertiary/aromatic N) is 1. The Kier molecular flexibility index (Phi) is 10.0. The van der Waals surface area contributed by atoms with Gasteiger partial charge in [-0.05, 0) is 73.7 Å². The summed E-state index contributed by atoms with van der Waals surface area (Å²) < 4.78 is 16.1. The van der Waals surface area contributed by atoms with Crippen molar-refractivity contribution < 1.29 is 28.6 Å². The van der Waals surface area contributed by atoms with E-state index in [-0.39, 0.29) is 37.3 Å². The number of aryl methyl sites for hydroxylation is 1. The van der Waals surface area contributed by atoms with E-state index >= 15 is 0 Å². The van der Waals surface area contributed by atoms with Gasteiger partial charge in [-0.15, -0.1) is 0 Å². The maximum atomic E-state index is 13.5. The normalized spacial score (nSPS) is 14.9. The highest BCUT2D eigenvalue weighted by Gasteiger charge is 2.37. The van der Waals surface area contributed by atoms with Gasteiger partial charge < -0.3 is 24.4 Å². The molecule has 1 aliphatic rings. The van der Waals surface area contributed by atoms with Gasteiger partial charge in [0.25, 0.3) is 5.91 Å². The first-order valence-corrected chi connectivity index (χ1v) is 14.1. The summed E-state index contributed by atoms with van der Waals surface area (Å²) in [7, 11) is 3.18. The summed E-state index contributed by atoms with van der Waals surface area (Å²) in [6, 6.07) is 20.7. The average Bonchev–Trinajstić information content (AvgIpc) is 2.99. The van der Waals surface area contributed by atoms with Gasteiger partial charge >= 0.3 is 5.97 Å². The standard InChI is InChI=1S/C34H38N2O6/c1-6-42-34(39)32-23(3)36(31(37)20-28(32)27-13-8-7-10-22(27)2)21-25-11-9-12-26(18-25)33(38)35-17-16-24-14-15-29(40-4)30(19-24)41-5/h7-15,18-19,28H,6,16-17,20-21H2,1-5H3,(H,35,38). The van der Waals surface area contributed by atoms with Gasteiger partial charge in [-0.3, -0.25) is 9.59 Å². The number of allylic oxidation sites excluding steroid dienone is 1. The van der Waals surface area contributed by atoms with Crippen LogP contribution in [0.25, 0.3) is 0 Å². The predicted octanol–water partition coefficient (Wildman–Crippen LogP) is 5.34. The van der Waals surface area contributed by atoms with E-state index in [0.29, 0.717) is 41.3 Å². The summed E-state index contributed by atoms with van der Waals surface area (Å²) in [5, 5.41) is 2.97. The minimum Gasteiger partial charge on any atom is -0.493 e. The minimum absolute atomic E-state index is 0.0847. The number of ether oxygens (including phenoxy) is 3. The van der Waals surface area contributed by atoms with E-state index < -0.39 is 5.97 Å². The molecule has 0 saturated heterocycles. The average molecular weight is 571 g/mol. The van der Waals surface area contributed by atoms with E-state index in [2.05, 4.69) is 5.32 Å². The van der Waals surface area contributed by atoms with Crippen molar-refractivity contribution in [2.24, 2.45) is 0 Å². The van der Waals surface area contributed by atoms with Crippen LogP contribution in [0.4, 0.5) is 0 Å². The SMILES string of the molecule is CCOC(=O)C1=C(C)N(Cc2cccc(C(=O)NCCc3ccc(OC)c(OC)c3)c2)C(=O)CC1c1ccccc1C. The van der Waals surface area contributed by atoms with E-state index in [1.165, 1.54) is 0 Å². The quantitative estimate of drug-likeness (QED) is 0.313. The zero-order valence-corrected chi connectivity index (χ0v) is 24.9. The molecule has 1 unspecified atom stereocenters. The number of carbonyl (C=O) groups is 3. The number of carbonyl (C=O) groups excluding carboxylic acids is 3. The summed E-state index contributed by atoms with van der Waals surface area (Å²) in [6.45, 7) is 6.46. The molecule has 2 amide bonds. The molecule has 0 fully saturated rings. The summed E-state index contributed by atoms with van der Waals surface area (Å²) in [5.74, 6) is 0.210. The molecule has 0 spiro atoms. The van der Waals surface area contributed by atoms with E-state index in [1.807, 2.05) is 55.5 Å². The molecule has 4 rings (SSSR count). The van der Waals surface area contributed by atoms with Crippen LogP contribution in [0.1, 0.15) is 58.8 Å². The maximum Gasteiger partial charge on any atom is 0.336 e. The molecule has 1 atom stereocenters. The van der Waals surface area contributed by atoms with Gasteiger partial charge in [0.15, 0.2) is 11.5 Å². The van der Waals surface area contributed by atoms with Crippen LogP contribution in [-0.2, 0) is 27.3 Å². The number of methoxy groups -OCH3 is 2. The molecule has 3 aromatic rings. The van der Waals surface area contributed by atoms with Crippen LogP contribution < -0.4 is 14.8 Å². The Morgan fingerprint density at radius 2 is 1.69 bits per heavy atom. The molecule has 0 bridgehead atoms. The molecular weight excluding hydrogens is 532 g/mol. The predicted molar refractivity (Wildman–Crippen MR) is 160 cm³/mol. The van der Waals surface area contributed by atoms with Gasteiger partial charge in [-0.1, -0.05) is 42.5 Å². The van der Waals surface area contributed by atoms with E-state index in [1.54, 1.807) is 51.2 Å². The lowest BCUT2D eigenvalue weighted by molar-refractivity contribution is -0.140. The first kappa shape index (κ1) is 30.4. The zero-order valence-electron chi connectivity index (χ0n) is 24.9. The largest absolute Gasteiger partial charge is 0.493 e. The second-order valence-electron chi connectivity index (χ2n) is 10.2. The highest BCUT2D eigenvalue weighted by Crippen LogP contribution is 2.39. The fourth-order valence-electron chi connectivity index (χ4n) is 5.37. The van der Waals surface area contributed by atoms with Crippen molar-refractivity contribution in [3.63, 3.8) is 0 Å². The third-order valence-corrected chi connectivity index (χ3v) is 7.56. The molecule has 1 heterocycles. The van der Waals surface area contributed by atoms with Gasteiger partial charge in [0.1, 0.15) is 0 Å². The lowest BCUT2D eigenvalue weighted by atomic mass is 9.81. The zero-order chi connectivity index (χ0) is 30.2. The summed E-state index contributed by atoms with van der Waals surface area (Å²) in [6.07, 6.45) is 0.781. The lowest BCUT2D eigenvalue weighted by Gasteiger charge is -2.35. The van der Waals surface area contributed by atoms with Crippen molar-refractivity contribution in [3.8, 4) is 11.5 Å². The number of hydrogen-bond donors (Lipinski definition) is 1. The van der Waals surface area contributed by atoms with Crippen LogP contribution in [0.15, 0.2) is 78.0 Å². The smallest absolute Gasteiger partial charge is 0.336 e. The molecule has 0 radical (unpaired) electrons.